The lowest BCUT2D eigenvalue weighted by Crippen LogP contribution is -2.06. The summed E-state index contributed by atoms with van der Waals surface area (Å²) in [4.78, 5) is 0. The number of hydroxylamine groups is 1. The molecule has 0 aliphatic heterocycles. The molecule has 0 fully saturated rings. The molecule has 0 bridgehead atoms. The van der Waals surface area contributed by atoms with Gasteiger partial charge >= 0.3 is 0 Å². The quantitative estimate of drug-likeness (QED) is 0.676. The molecular formula is C11H15NO. The van der Waals surface area contributed by atoms with Crippen LogP contribution in [0.1, 0.15) is 23.6 Å². The van der Waals surface area contributed by atoms with Gasteiger partial charge in [0.05, 0.1) is 0 Å². The predicted octanol–water partition coefficient (Wildman–Crippen LogP) is 1.90. The van der Waals surface area contributed by atoms with E-state index < -0.39 is 0 Å². The molecule has 0 saturated carbocycles. The zero-order valence-corrected chi connectivity index (χ0v) is 7.88. The van der Waals surface area contributed by atoms with Crippen LogP contribution < -0.4 is 5.48 Å². The Balaban J connectivity index is 2.24. The van der Waals surface area contributed by atoms with Crippen LogP contribution in [0.3, 0.4) is 0 Å². The highest BCUT2D eigenvalue weighted by Crippen LogP contribution is 2.26. The Bertz CT molecular complexity index is 309. The van der Waals surface area contributed by atoms with E-state index in [0.717, 1.165) is 11.5 Å². The van der Waals surface area contributed by atoms with Gasteiger partial charge in [-0.25, -0.2) is 5.48 Å². The normalized spacial score (nSPS) is 20.3. The van der Waals surface area contributed by atoms with Gasteiger partial charge in [0.25, 0.3) is 0 Å². The van der Waals surface area contributed by atoms with E-state index >= 15 is 0 Å². The van der Waals surface area contributed by atoms with Crippen LogP contribution in [0.5, 0.6) is 0 Å². The Morgan fingerprint density at radius 3 is 2.92 bits per heavy atom. The summed E-state index contributed by atoms with van der Waals surface area (Å²) in [6.45, 7) is 2.83. The van der Waals surface area contributed by atoms with Crippen LogP contribution in [0.2, 0.25) is 0 Å². The molecule has 0 aromatic heterocycles. The first-order chi connectivity index (χ1) is 6.29. The highest BCUT2D eigenvalue weighted by Gasteiger charge is 2.17. The lowest BCUT2D eigenvalue weighted by molar-refractivity contribution is 0.161. The molecule has 70 valence electrons. The van der Waals surface area contributed by atoms with Crippen LogP contribution >= 0.6 is 0 Å². The lowest BCUT2D eigenvalue weighted by atomic mass is 10.1. The van der Waals surface area contributed by atoms with E-state index in [9.17, 15) is 0 Å². The molecule has 0 saturated heterocycles. The van der Waals surface area contributed by atoms with Crippen molar-refractivity contribution in [2.75, 3.05) is 0 Å². The van der Waals surface area contributed by atoms with E-state index in [0.29, 0.717) is 6.54 Å². The van der Waals surface area contributed by atoms with Gasteiger partial charge in [-0.15, -0.1) is 0 Å². The van der Waals surface area contributed by atoms with E-state index in [1.54, 1.807) is 0 Å². The van der Waals surface area contributed by atoms with Crippen molar-refractivity contribution in [2.45, 2.75) is 26.3 Å². The van der Waals surface area contributed by atoms with Crippen molar-refractivity contribution < 1.29 is 5.21 Å². The molecule has 2 nitrogen and oxygen atoms in total. The maximum Gasteiger partial charge on any atom is 0.0458 e. The fraction of sp³-hybridized carbons (Fsp3) is 0.455. The molecular weight excluding hydrogens is 162 g/mol. The first-order valence-corrected chi connectivity index (χ1v) is 4.77. The van der Waals surface area contributed by atoms with Crippen molar-refractivity contribution in [1.82, 2.24) is 5.48 Å². The Morgan fingerprint density at radius 2 is 2.15 bits per heavy atom. The van der Waals surface area contributed by atoms with Crippen LogP contribution in [-0.4, -0.2) is 5.21 Å². The molecule has 2 heteroatoms. The number of benzene rings is 1. The number of rotatable bonds is 2. The van der Waals surface area contributed by atoms with Gasteiger partial charge < -0.3 is 5.21 Å². The van der Waals surface area contributed by atoms with Gasteiger partial charge in [-0.2, -0.15) is 0 Å². The minimum Gasteiger partial charge on any atom is -0.316 e. The molecule has 0 amide bonds. The Hall–Kier alpha value is -0.860. The summed E-state index contributed by atoms with van der Waals surface area (Å²) in [6, 6.07) is 6.47. The third-order valence-electron chi connectivity index (χ3n) is 2.69. The molecule has 0 spiro atoms. The van der Waals surface area contributed by atoms with Gasteiger partial charge in [0.2, 0.25) is 0 Å². The summed E-state index contributed by atoms with van der Waals surface area (Å²) in [7, 11) is 0. The van der Waals surface area contributed by atoms with Gasteiger partial charge in [-0.1, -0.05) is 25.1 Å². The SMILES string of the molecule is CC1Cc2ccc(CNO)cc2C1. The molecule has 1 unspecified atom stereocenters. The molecule has 1 aliphatic carbocycles. The molecule has 2 N–H and O–H groups in total. The first kappa shape index (κ1) is 8.73. The highest BCUT2D eigenvalue weighted by atomic mass is 16.5. The van der Waals surface area contributed by atoms with Gasteiger partial charge in [-0.05, 0) is 35.4 Å². The average Bonchev–Trinajstić information content (AvgIpc) is 2.44. The third-order valence-corrected chi connectivity index (χ3v) is 2.69. The topological polar surface area (TPSA) is 32.3 Å². The maximum atomic E-state index is 8.57. The Kier molecular flexibility index (Phi) is 2.34. The minimum atomic E-state index is 0.543. The van der Waals surface area contributed by atoms with Crippen molar-refractivity contribution in [2.24, 2.45) is 5.92 Å². The summed E-state index contributed by atoms with van der Waals surface area (Å²) in [6.07, 6.45) is 2.40. The van der Waals surface area contributed by atoms with E-state index in [1.807, 2.05) is 0 Å². The molecule has 1 atom stereocenters. The van der Waals surface area contributed by atoms with E-state index in [1.165, 1.54) is 24.0 Å². The van der Waals surface area contributed by atoms with Crippen LogP contribution in [0, 0.1) is 5.92 Å². The fourth-order valence-electron chi connectivity index (χ4n) is 2.09. The highest BCUT2D eigenvalue weighted by molar-refractivity contribution is 5.35. The second kappa shape index (κ2) is 3.48. The summed E-state index contributed by atoms with van der Waals surface area (Å²) in [5.74, 6) is 0.785. The van der Waals surface area contributed by atoms with Crippen molar-refractivity contribution in [3.8, 4) is 0 Å². The Labute approximate surface area is 78.5 Å². The molecule has 1 aliphatic rings. The molecule has 13 heavy (non-hydrogen) atoms. The second-order valence-corrected chi connectivity index (χ2v) is 3.95. The standard InChI is InChI=1S/C11H15NO/c1-8-4-10-3-2-9(7-12-13)6-11(10)5-8/h2-3,6,8,12-13H,4-5,7H2,1H3. The minimum absolute atomic E-state index is 0.543. The van der Waals surface area contributed by atoms with Crippen LogP contribution in [-0.2, 0) is 19.4 Å². The zero-order valence-electron chi connectivity index (χ0n) is 7.88. The van der Waals surface area contributed by atoms with Crippen molar-refractivity contribution in [3.05, 3.63) is 34.9 Å². The summed E-state index contributed by atoms with van der Waals surface area (Å²) in [5, 5.41) is 8.57. The van der Waals surface area contributed by atoms with Crippen LogP contribution in [0.15, 0.2) is 18.2 Å². The zero-order chi connectivity index (χ0) is 9.26. The molecule has 1 aromatic carbocycles. The Morgan fingerprint density at radius 1 is 1.38 bits per heavy atom. The lowest BCUT2D eigenvalue weighted by Gasteiger charge is -2.02. The fourth-order valence-corrected chi connectivity index (χ4v) is 2.09. The van der Waals surface area contributed by atoms with Gasteiger partial charge in [0.15, 0.2) is 0 Å². The first-order valence-electron chi connectivity index (χ1n) is 4.77. The van der Waals surface area contributed by atoms with Crippen molar-refractivity contribution in [1.29, 1.82) is 0 Å². The maximum absolute atomic E-state index is 8.57. The third kappa shape index (κ3) is 1.74. The number of hydrogen-bond donors (Lipinski definition) is 2. The molecule has 0 heterocycles. The van der Waals surface area contributed by atoms with E-state index in [4.69, 9.17) is 5.21 Å². The monoisotopic (exact) mass is 177 g/mol. The molecule has 0 radical (unpaired) electrons. The average molecular weight is 177 g/mol. The molecule has 1 aromatic rings. The van der Waals surface area contributed by atoms with Gasteiger partial charge in [0.1, 0.15) is 0 Å². The van der Waals surface area contributed by atoms with Gasteiger partial charge in [-0.3, -0.25) is 0 Å². The van der Waals surface area contributed by atoms with Crippen molar-refractivity contribution in [3.63, 3.8) is 0 Å². The number of fused-ring (bicyclic) bond motifs is 1. The second-order valence-electron chi connectivity index (χ2n) is 3.95. The van der Waals surface area contributed by atoms with E-state index in [2.05, 4.69) is 30.6 Å². The number of nitrogens with one attached hydrogen (secondary N) is 1. The summed E-state index contributed by atoms with van der Waals surface area (Å²) < 4.78 is 0. The van der Waals surface area contributed by atoms with Crippen LogP contribution in [0.25, 0.3) is 0 Å². The summed E-state index contributed by atoms with van der Waals surface area (Å²) in [5.41, 5.74) is 6.29. The van der Waals surface area contributed by atoms with Crippen molar-refractivity contribution >= 4 is 0 Å². The number of hydrogen-bond acceptors (Lipinski definition) is 2. The van der Waals surface area contributed by atoms with Crippen LogP contribution in [0.4, 0.5) is 0 Å². The summed E-state index contributed by atoms with van der Waals surface area (Å²) >= 11 is 0. The smallest absolute Gasteiger partial charge is 0.0458 e. The van der Waals surface area contributed by atoms with E-state index in [-0.39, 0.29) is 0 Å². The predicted molar refractivity (Wildman–Crippen MR) is 51.6 cm³/mol. The molecule has 2 rings (SSSR count). The largest absolute Gasteiger partial charge is 0.316 e. The van der Waals surface area contributed by atoms with Gasteiger partial charge in [0, 0.05) is 6.54 Å².